The molecule has 1 aromatic carbocycles. The molecule has 0 bridgehead atoms. The number of aromatic nitrogens is 1. The fourth-order valence-corrected chi connectivity index (χ4v) is 3.15. The summed E-state index contributed by atoms with van der Waals surface area (Å²) >= 11 is 0.559. The van der Waals surface area contributed by atoms with Gasteiger partial charge in [0, 0.05) is 5.69 Å². The largest absolute Gasteiger partial charge is 0.479 e. The van der Waals surface area contributed by atoms with Crippen molar-refractivity contribution in [3.63, 3.8) is 0 Å². The van der Waals surface area contributed by atoms with Gasteiger partial charge >= 0.3 is 16.8 Å². The Labute approximate surface area is 123 Å². The van der Waals surface area contributed by atoms with Gasteiger partial charge in [0.25, 0.3) is 0 Å². The summed E-state index contributed by atoms with van der Waals surface area (Å²) in [7, 11) is 0. The van der Waals surface area contributed by atoms with Crippen LogP contribution in [0.15, 0.2) is 35.1 Å². The van der Waals surface area contributed by atoms with E-state index in [0.29, 0.717) is 16.9 Å². The molecule has 0 spiro atoms. The van der Waals surface area contributed by atoms with E-state index < -0.39 is 22.9 Å². The SMILES string of the molecule is CCc1c(C(=O)O)sc(=O)n1C(C(=O)O)c1ccccc1. The number of benzene rings is 1. The van der Waals surface area contributed by atoms with Crippen molar-refractivity contribution in [3.05, 3.63) is 56.1 Å². The summed E-state index contributed by atoms with van der Waals surface area (Å²) in [5.41, 5.74) is 0.658. The second-order valence-electron chi connectivity index (χ2n) is 4.32. The predicted octanol–water partition coefficient (Wildman–Crippen LogP) is 1.84. The summed E-state index contributed by atoms with van der Waals surface area (Å²) in [6.07, 6.45) is 0.261. The van der Waals surface area contributed by atoms with Crippen molar-refractivity contribution >= 4 is 23.3 Å². The first-order chi connectivity index (χ1) is 9.97. The monoisotopic (exact) mass is 307 g/mol. The van der Waals surface area contributed by atoms with Crippen molar-refractivity contribution in [1.29, 1.82) is 0 Å². The van der Waals surface area contributed by atoms with Crippen molar-refractivity contribution in [1.82, 2.24) is 4.57 Å². The molecular weight excluding hydrogens is 294 g/mol. The number of thiazole rings is 1. The molecule has 0 aliphatic rings. The van der Waals surface area contributed by atoms with Gasteiger partial charge in [-0.3, -0.25) is 9.36 Å². The van der Waals surface area contributed by atoms with E-state index in [1.54, 1.807) is 37.3 Å². The average Bonchev–Trinajstić information content (AvgIpc) is 2.77. The summed E-state index contributed by atoms with van der Waals surface area (Å²) in [5, 5.41) is 18.6. The zero-order valence-corrected chi connectivity index (χ0v) is 12.0. The third-order valence-corrected chi connectivity index (χ3v) is 4.06. The number of nitrogens with zero attached hydrogens (tertiary/aromatic N) is 1. The summed E-state index contributed by atoms with van der Waals surface area (Å²) < 4.78 is 1.06. The van der Waals surface area contributed by atoms with Crippen LogP contribution in [-0.2, 0) is 11.2 Å². The van der Waals surface area contributed by atoms with Crippen molar-refractivity contribution < 1.29 is 19.8 Å². The van der Waals surface area contributed by atoms with E-state index in [1.165, 1.54) is 0 Å². The van der Waals surface area contributed by atoms with Gasteiger partial charge in [0.2, 0.25) is 0 Å². The Hall–Kier alpha value is -2.41. The van der Waals surface area contributed by atoms with Gasteiger partial charge in [0.15, 0.2) is 6.04 Å². The lowest BCUT2D eigenvalue weighted by Gasteiger charge is -2.16. The molecule has 2 aromatic rings. The maximum Gasteiger partial charge on any atom is 0.347 e. The van der Waals surface area contributed by atoms with Gasteiger partial charge in [0.1, 0.15) is 4.88 Å². The number of carbonyl (C=O) groups is 2. The lowest BCUT2D eigenvalue weighted by atomic mass is 10.1. The fraction of sp³-hybridized carbons (Fsp3) is 0.214. The van der Waals surface area contributed by atoms with E-state index in [4.69, 9.17) is 5.11 Å². The number of aliphatic carboxylic acids is 1. The molecule has 1 unspecified atom stereocenters. The van der Waals surface area contributed by atoms with Crippen LogP contribution in [0, 0.1) is 0 Å². The number of carboxylic acids is 2. The summed E-state index contributed by atoms with van der Waals surface area (Å²) in [6, 6.07) is 7.06. The molecule has 0 radical (unpaired) electrons. The first-order valence-corrected chi connectivity index (χ1v) is 7.04. The third-order valence-electron chi connectivity index (χ3n) is 3.08. The maximum atomic E-state index is 12.1. The van der Waals surface area contributed by atoms with Gasteiger partial charge in [-0.25, -0.2) is 9.59 Å². The quantitative estimate of drug-likeness (QED) is 0.878. The Morgan fingerprint density at radius 3 is 2.33 bits per heavy atom. The molecule has 1 aromatic heterocycles. The normalized spacial score (nSPS) is 12.0. The van der Waals surface area contributed by atoms with E-state index in [-0.39, 0.29) is 17.0 Å². The van der Waals surface area contributed by atoms with Gasteiger partial charge in [0.05, 0.1) is 0 Å². The van der Waals surface area contributed by atoms with E-state index in [0.717, 1.165) is 4.57 Å². The Kier molecular flexibility index (Phi) is 4.23. The zero-order valence-electron chi connectivity index (χ0n) is 11.1. The number of carboxylic acid groups (broad SMARTS) is 2. The van der Waals surface area contributed by atoms with Gasteiger partial charge in [-0.1, -0.05) is 48.6 Å². The van der Waals surface area contributed by atoms with E-state index in [9.17, 15) is 19.5 Å². The molecule has 0 saturated carbocycles. The topological polar surface area (TPSA) is 96.6 Å². The van der Waals surface area contributed by atoms with E-state index in [2.05, 4.69) is 0 Å². The highest BCUT2D eigenvalue weighted by Gasteiger charge is 2.29. The van der Waals surface area contributed by atoms with Crippen LogP contribution in [-0.4, -0.2) is 26.7 Å². The molecule has 1 atom stereocenters. The number of aromatic carboxylic acids is 1. The first-order valence-electron chi connectivity index (χ1n) is 6.22. The molecule has 110 valence electrons. The molecule has 0 aliphatic carbocycles. The lowest BCUT2D eigenvalue weighted by Crippen LogP contribution is -2.29. The predicted molar refractivity (Wildman–Crippen MR) is 77.1 cm³/mol. The number of hydrogen-bond acceptors (Lipinski definition) is 4. The molecule has 1 heterocycles. The number of hydrogen-bond donors (Lipinski definition) is 2. The minimum Gasteiger partial charge on any atom is -0.479 e. The zero-order chi connectivity index (χ0) is 15.6. The molecule has 7 heteroatoms. The van der Waals surface area contributed by atoms with Crippen molar-refractivity contribution in [2.24, 2.45) is 0 Å². The summed E-state index contributed by atoms with van der Waals surface area (Å²) in [4.78, 5) is 34.2. The molecule has 0 saturated heterocycles. The van der Waals surface area contributed by atoms with E-state index in [1.807, 2.05) is 0 Å². The molecular formula is C14H13NO5S. The highest BCUT2D eigenvalue weighted by atomic mass is 32.1. The molecule has 0 fully saturated rings. The fourth-order valence-electron chi connectivity index (χ4n) is 2.21. The minimum atomic E-state index is -1.22. The van der Waals surface area contributed by atoms with Gasteiger partial charge in [-0.2, -0.15) is 0 Å². The van der Waals surface area contributed by atoms with Gasteiger partial charge in [-0.05, 0) is 12.0 Å². The second-order valence-corrected chi connectivity index (χ2v) is 5.29. The molecule has 2 N–H and O–H groups in total. The highest BCUT2D eigenvalue weighted by Crippen LogP contribution is 2.23. The van der Waals surface area contributed by atoms with Crippen LogP contribution in [0.4, 0.5) is 0 Å². The Balaban J connectivity index is 2.70. The van der Waals surface area contributed by atoms with E-state index >= 15 is 0 Å². The molecule has 2 rings (SSSR count). The van der Waals surface area contributed by atoms with Crippen LogP contribution in [0.1, 0.15) is 33.9 Å². The smallest absolute Gasteiger partial charge is 0.347 e. The van der Waals surface area contributed by atoms with Crippen LogP contribution in [0.25, 0.3) is 0 Å². The van der Waals surface area contributed by atoms with Crippen molar-refractivity contribution in [2.75, 3.05) is 0 Å². The third kappa shape index (κ3) is 2.73. The van der Waals surface area contributed by atoms with Crippen molar-refractivity contribution in [2.45, 2.75) is 19.4 Å². The van der Waals surface area contributed by atoms with Gasteiger partial charge < -0.3 is 10.2 Å². The molecule has 0 aliphatic heterocycles. The molecule has 0 amide bonds. The second kappa shape index (κ2) is 5.92. The highest BCUT2D eigenvalue weighted by molar-refractivity contribution is 7.11. The maximum absolute atomic E-state index is 12.1. The Bertz CT molecular complexity index is 732. The molecule has 21 heavy (non-hydrogen) atoms. The number of rotatable bonds is 5. The minimum absolute atomic E-state index is 0.107. The van der Waals surface area contributed by atoms with Crippen molar-refractivity contribution in [3.8, 4) is 0 Å². The summed E-state index contributed by atoms with van der Waals surface area (Å²) in [6.45, 7) is 1.69. The van der Waals surface area contributed by atoms with Crippen LogP contribution in [0.2, 0.25) is 0 Å². The summed E-state index contributed by atoms with van der Waals surface area (Å²) in [5.74, 6) is -2.42. The Morgan fingerprint density at radius 1 is 1.24 bits per heavy atom. The Morgan fingerprint density at radius 2 is 1.86 bits per heavy atom. The van der Waals surface area contributed by atoms with Crippen LogP contribution in [0.5, 0.6) is 0 Å². The lowest BCUT2D eigenvalue weighted by molar-refractivity contribution is -0.139. The van der Waals surface area contributed by atoms with Crippen LogP contribution >= 0.6 is 11.3 Å². The first kappa shape index (κ1) is 15.0. The average molecular weight is 307 g/mol. The van der Waals surface area contributed by atoms with Gasteiger partial charge in [-0.15, -0.1) is 0 Å². The van der Waals surface area contributed by atoms with Crippen LogP contribution in [0.3, 0.4) is 0 Å². The van der Waals surface area contributed by atoms with Crippen LogP contribution < -0.4 is 4.87 Å². The standard InChI is InChI=1S/C14H13NO5S/c1-2-9-11(13(18)19)21-14(20)15(9)10(12(16)17)8-6-4-3-5-7-8/h3-7,10H,2H2,1H3,(H,16,17)(H,18,19). The molecule has 6 nitrogen and oxygen atoms in total.